The second-order valence-corrected chi connectivity index (χ2v) is 7.97. The van der Waals surface area contributed by atoms with Crippen molar-refractivity contribution < 1.29 is 5.11 Å². The molecule has 2 aromatic rings. The van der Waals surface area contributed by atoms with Gasteiger partial charge in [-0.2, -0.15) is 0 Å². The molecule has 2 aromatic heterocycles. The predicted octanol–water partition coefficient (Wildman–Crippen LogP) is 5.64. The molecule has 0 saturated carbocycles. The van der Waals surface area contributed by atoms with Crippen LogP contribution >= 0.6 is 0 Å². The van der Waals surface area contributed by atoms with Crippen LogP contribution in [0.5, 0.6) is 0 Å². The maximum absolute atomic E-state index is 9.98. The highest BCUT2D eigenvalue weighted by molar-refractivity contribution is 5.76. The molecule has 2 heterocycles. The lowest BCUT2D eigenvalue weighted by Gasteiger charge is -2.21. The fourth-order valence-electron chi connectivity index (χ4n) is 3.88. The average Bonchev–Trinajstić information content (AvgIpc) is 2.77. The summed E-state index contributed by atoms with van der Waals surface area (Å²) in [5, 5.41) is 13.2. The molecule has 0 radical (unpaired) electrons. The Kier molecular flexibility index (Phi) is 8.97. The molecular weight excluding hydrogens is 372 g/mol. The largest absolute Gasteiger partial charge is 0.396 e. The van der Waals surface area contributed by atoms with Crippen LogP contribution in [0.1, 0.15) is 83.1 Å². The maximum Gasteiger partial charge on any atom is 0.135 e. The monoisotopic (exact) mass is 410 g/mol. The number of allylic oxidation sites excluding steroid dienone is 1. The fraction of sp³-hybridized carbons (Fsp3) is 0.560. The zero-order valence-electron chi connectivity index (χ0n) is 19.7. The van der Waals surface area contributed by atoms with Crippen molar-refractivity contribution in [3.63, 3.8) is 0 Å². The Balaban J connectivity index is 2.68. The standard InChI is InChI=1S/C25H38N4O/c1-8-12-17(15-30)18(9-2)23-20(10-3)28-24(21(11-4)27-23)19-13-14-22(16(5)6)29-25(19)26-7/h9,13-14,16-17,30H,8,10-12,15H2,1-7H3,(H,26,29)/b18-9-/t17-/m0/s1. The lowest BCUT2D eigenvalue weighted by atomic mass is 9.90. The van der Waals surface area contributed by atoms with Gasteiger partial charge in [-0.05, 0) is 49.8 Å². The Morgan fingerprint density at radius 3 is 2.27 bits per heavy atom. The van der Waals surface area contributed by atoms with E-state index in [0.29, 0.717) is 5.92 Å². The molecule has 0 amide bonds. The van der Waals surface area contributed by atoms with E-state index < -0.39 is 0 Å². The topological polar surface area (TPSA) is 70.9 Å². The summed E-state index contributed by atoms with van der Waals surface area (Å²) >= 11 is 0. The van der Waals surface area contributed by atoms with Crippen LogP contribution in [-0.2, 0) is 12.8 Å². The zero-order chi connectivity index (χ0) is 22.3. The number of nitrogens with one attached hydrogen (secondary N) is 1. The molecular formula is C25H38N4O. The second-order valence-electron chi connectivity index (χ2n) is 7.97. The Morgan fingerprint density at radius 1 is 1.07 bits per heavy atom. The average molecular weight is 411 g/mol. The van der Waals surface area contributed by atoms with Crippen molar-refractivity contribution in [1.29, 1.82) is 0 Å². The van der Waals surface area contributed by atoms with E-state index in [1.165, 1.54) is 0 Å². The number of hydrogen-bond acceptors (Lipinski definition) is 5. The van der Waals surface area contributed by atoms with E-state index >= 15 is 0 Å². The summed E-state index contributed by atoms with van der Waals surface area (Å²) in [6.45, 7) is 12.8. The van der Waals surface area contributed by atoms with Crippen LogP contribution in [-0.4, -0.2) is 33.7 Å². The molecule has 0 aliphatic heterocycles. The number of aliphatic hydroxyl groups is 1. The van der Waals surface area contributed by atoms with Crippen LogP contribution in [0.4, 0.5) is 5.82 Å². The van der Waals surface area contributed by atoms with Gasteiger partial charge in [0.2, 0.25) is 0 Å². The van der Waals surface area contributed by atoms with E-state index in [0.717, 1.165) is 71.1 Å². The zero-order valence-corrected chi connectivity index (χ0v) is 19.7. The van der Waals surface area contributed by atoms with Gasteiger partial charge in [0.1, 0.15) is 5.82 Å². The normalized spacial score (nSPS) is 13.0. The quantitative estimate of drug-likeness (QED) is 0.530. The first-order valence-electron chi connectivity index (χ1n) is 11.3. The fourth-order valence-corrected chi connectivity index (χ4v) is 3.88. The molecule has 5 nitrogen and oxygen atoms in total. The molecule has 0 fully saturated rings. The second kappa shape index (κ2) is 11.2. The minimum Gasteiger partial charge on any atom is -0.396 e. The highest BCUT2D eigenvalue weighted by Gasteiger charge is 2.22. The minimum atomic E-state index is 0.0926. The van der Waals surface area contributed by atoms with Gasteiger partial charge in [0.15, 0.2) is 0 Å². The van der Waals surface area contributed by atoms with Crippen molar-refractivity contribution in [2.75, 3.05) is 19.0 Å². The van der Waals surface area contributed by atoms with Crippen LogP contribution in [0.3, 0.4) is 0 Å². The lowest BCUT2D eigenvalue weighted by molar-refractivity contribution is 0.250. The van der Waals surface area contributed by atoms with Crippen LogP contribution in [0, 0.1) is 5.92 Å². The van der Waals surface area contributed by atoms with E-state index in [2.05, 4.69) is 58.1 Å². The number of aliphatic hydroxyl groups excluding tert-OH is 1. The number of aromatic nitrogens is 3. The molecule has 0 saturated heterocycles. The van der Waals surface area contributed by atoms with Gasteiger partial charge in [0, 0.05) is 30.8 Å². The van der Waals surface area contributed by atoms with Crippen molar-refractivity contribution in [1.82, 2.24) is 15.0 Å². The predicted molar refractivity (Wildman–Crippen MR) is 127 cm³/mol. The Labute approximate surface area is 182 Å². The van der Waals surface area contributed by atoms with Crippen molar-refractivity contribution in [2.24, 2.45) is 5.92 Å². The molecule has 0 bridgehead atoms. The highest BCUT2D eigenvalue weighted by Crippen LogP contribution is 2.33. The van der Waals surface area contributed by atoms with E-state index in [9.17, 15) is 5.11 Å². The molecule has 2 rings (SSSR count). The molecule has 0 aliphatic carbocycles. The number of pyridine rings is 1. The molecule has 30 heavy (non-hydrogen) atoms. The number of rotatable bonds is 10. The summed E-state index contributed by atoms with van der Waals surface area (Å²) in [5.74, 6) is 1.29. The number of hydrogen-bond donors (Lipinski definition) is 2. The van der Waals surface area contributed by atoms with Crippen molar-refractivity contribution in [2.45, 2.75) is 73.1 Å². The van der Waals surface area contributed by atoms with Gasteiger partial charge in [-0.3, -0.25) is 0 Å². The van der Waals surface area contributed by atoms with Crippen LogP contribution in [0.25, 0.3) is 16.8 Å². The molecule has 0 spiro atoms. The molecule has 1 atom stereocenters. The first kappa shape index (κ1) is 24.0. The highest BCUT2D eigenvalue weighted by atomic mass is 16.3. The summed E-state index contributed by atoms with van der Waals surface area (Å²) in [6.07, 6.45) is 5.62. The molecule has 0 aliphatic rings. The van der Waals surface area contributed by atoms with Crippen LogP contribution in [0.15, 0.2) is 18.2 Å². The summed E-state index contributed by atoms with van der Waals surface area (Å²) in [4.78, 5) is 15.0. The molecule has 0 aromatic carbocycles. The SMILES string of the molecule is C/C=C(\c1nc(CC)c(-c2ccc(C(C)C)nc2NC)nc1CC)[C@H](CO)CCC. The van der Waals surface area contributed by atoms with Gasteiger partial charge in [-0.25, -0.2) is 15.0 Å². The lowest BCUT2D eigenvalue weighted by Crippen LogP contribution is -2.14. The minimum absolute atomic E-state index is 0.0926. The van der Waals surface area contributed by atoms with E-state index in [-0.39, 0.29) is 12.5 Å². The summed E-state index contributed by atoms with van der Waals surface area (Å²) in [5.41, 5.74) is 6.92. The number of anilines is 1. The van der Waals surface area contributed by atoms with E-state index in [1.54, 1.807) is 0 Å². The summed E-state index contributed by atoms with van der Waals surface area (Å²) < 4.78 is 0. The molecule has 164 valence electrons. The van der Waals surface area contributed by atoms with E-state index in [1.807, 2.05) is 14.0 Å². The third-order valence-corrected chi connectivity index (χ3v) is 5.59. The molecule has 2 N–H and O–H groups in total. The Bertz CT molecular complexity index is 874. The first-order chi connectivity index (χ1) is 14.4. The third-order valence-electron chi connectivity index (χ3n) is 5.59. The van der Waals surface area contributed by atoms with Crippen molar-refractivity contribution in [3.05, 3.63) is 41.0 Å². The maximum atomic E-state index is 9.98. The van der Waals surface area contributed by atoms with Crippen molar-refractivity contribution >= 4 is 11.4 Å². The van der Waals surface area contributed by atoms with Gasteiger partial charge < -0.3 is 10.4 Å². The van der Waals surface area contributed by atoms with Gasteiger partial charge in [-0.15, -0.1) is 0 Å². The molecule has 5 heteroatoms. The Morgan fingerprint density at radius 2 is 1.77 bits per heavy atom. The van der Waals surface area contributed by atoms with Crippen LogP contribution in [0.2, 0.25) is 0 Å². The van der Waals surface area contributed by atoms with Gasteiger partial charge in [-0.1, -0.05) is 47.1 Å². The third kappa shape index (κ3) is 5.07. The van der Waals surface area contributed by atoms with Gasteiger partial charge in [0.25, 0.3) is 0 Å². The summed E-state index contributed by atoms with van der Waals surface area (Å²) in [7, 11) is 1.90. The van der Waals surface area contributed by atoms with Crippen molar-refractivity contribution in [3.8, 4) is 11.3 Å². The van der Waals surface area contributed by atoms with Crippen LogP contribution < -0.4 is 5.32 Å². The molecule has 0 unspecified atom stereocenters. The first-order valence-corrected chi connectivity index (χ1v) is 11.3. The number of nitrogens with zero attached hydrogens (tertiary/aromatic N) is 3. The smallest absolute Gasteiger partial charge is 0.135 e. The Hall–Kier alpha value is -2.27. The van der Waals surface area contributed by atoms with Gasteiger partial charge in [0.05, 0.1) is 22.8 Å². The van der Waals surface area contributed by atoms with Gasteiger partial charge >= 0.3 is 0 Å². The summed E-state index contributed by atoms with van der Waals surface area (Å²) in [6, 6.07) is 4.20. The number of aryl methyl sites for hydroxylation is 2. The van der Waals surface area contributed by atoms with E-state index in [4.69, 9.17) is 15.0 Å².